The van der Waals surface area contributed by atoms with E-state index in [4.69, 9.17) is 0 Å². The van der Waals surface area contributed by atoms with E-state index in [1.54, 1.807) is 18.5 Å². The van der Waals surface area contributed by atoms with Crippen LogP contribution in [-0.4, -0.2) is 49.7 Å². The van der Waals surface area contributed by atoms with Gasteiger partial charge in [0.1, 0.15) is 4.21 Å². The molecule has 0 aromatic carbocycles. The molecule has 3 rings (SSSR count). The highest BCUT2D eigenvalue weighted by Crippen LogP contribution is 2.30. The Morgan fingerprint density at radius 2 is 1.83 bits per heavy atom. The van der Waals surface area contributed by atoms with Crippen LogP contribution < -0.4 is 0 Å². The van der Waals surface area contributed by atoms with Crippen LogP contribution in [0.1, 0.15) is 55.3 Å². The van der Waals surface area contributed by atoms with E-state index in [1.807, 2.05) is 4.90 Å². The summed E-state index contributed by atoms with van der Waals surface area (Å²) in [6.07, 6.45) is 7.30. The van der Waals surface area contributed by atoms with Gasteiger partial charge >= 0.3 is 0 Å². The van der Waals surface area contributed by atoms with Crippen molar-refractivity contribution in [2.24, 2.45) is 0 Å². The fourth-order valence-electron chi connectivity index (χ4n) is 3.45. The molecule has 1 saturated heterocycles. The van der Waals surface area contributed by atoms with Crippen LogP contribution in [0.4, 0.5) is 0 Å². The molecule has 7 heteroatoms. The highest BCUT2D eigenvalue weighted by Gasteiger charge is 2.31. The summed E-state index contributed by atoms with van der Waals surface area (Å²) in [6.45, 7) is 1.55. The molecule has 0 spiro atoms. The molecular weight excluding hydrogens is 332 g/mol. The third-order valence-electron chi connectivity index (χ3n) is 4.94. The zero-order valence-electron chi connectivity index (χ0n) is 13.5. The Kier molecular flexibility index (Phi) is 5.08. The molecule has 0 N–H and O–H groups in total. The average molecular weight is 357 g/mol. The van der Waals surface area contributed by atoms with Gasteiger partial charge in [-0.1, -0.05) is 19.3 Å². The minimum atomic E-state index is -3.49. The summed E-state index contributed by atoms with van der Waals surface area (Å²) in [6, 6.07) is 1.65. The van der Waals surface area contributed by atoms with Gasteiger partial charge < -0.3 is 4.90 Å². The maximum Gasteiger partial charge on any atom is 0.254 e. The lowest BCUT2D eigenvalue weighted by Crippen LogP contribution is -2.37. The fourth-order valence-corrected chi connectivity index (χ4v) is 6.20. The van der Waals surface area contributed by atoms with E-state index in [-0.39, 0.29) is 16.2 Å². The van der Waals surface area contributed by atoms with E-state index >= 15 is 0 Å². The van der Waals surface area contributed by atoms with Gasteiger partial charge in [-0.25, -0.2) is 8.42 Å². The third-order valence-corrected chi connectivity index (χ3v) is 8.26. The minimum absolute atomic E-state index is 0.0412. The van der Waals surface area contributed by atoms with E-state index in [1.165, 1.54) is 10.7 Å². The Labute approximate surface area is 142 Å². The Morgan fingerprint density at radius 3 is 2.48 bits per heavy atom. The van der Waals surface area contributed by atoms with Crippen molar-refractivity contribution in [2.45, 2.75) is 55.2 Å². The summed E-state index contributed by atoms with van der Waals surface area (Å²) in [4.78, 5) is 14.2. The van der Waals surface area contributed by atoms with Crippen molar-refractivity contribution in [2.75, 3.05) is 20.1 Å². The van der Waals surface area contributed by atoms with Crippen LogP contribution in [0.2, 0.25) is 0 Å². The summed E-state index contributed by atoms with van der Waals surface area (Å²) >= 11 is 1.16. The van der Waals surface area contributed by atoms with Crippen LogP contribution in [0.5, 0.6) is 0 Å². The maximum absolute atomic E-state index is 12.8. The SMILES string of the molecule is CN(C1CCCCC1)S(=O)(=O)c1cc(C(=O)N2CCCC2)cs1. The molecule has 23 heavy (non-hydrogen) atoms. The number of thiophene rings is 1. The highest BCUT2D eigenvalue weighted by molar-refractivity contribution is 7.91. The number of likely N-dealkylation sites (tertiary alicyclic amines) is 1. The van der Waals surface area contributed by atoms with Crippen molar-refractivity contribution >= 4 is 27.3 Å². The Balaban J connectivity index is 1.76. The second-order valence-electron chi connectivity index (χ2n) is 6.47. The van der Waals surface area contributed by atoms with Gasteiger partial charge in [-0.15, -0.1) is 11.3 Å². The molecule has 0 radical (unpaired) electrons. The summed E-state index contributed by atoms with van der Waals surface area (Å²) in [7, 11) is -1.82. The molecule has 1 aliphatic heterocycles. The van der Waals surface area contributed by atoms with Gasteiger partial charge in [0.15, 0.2) is 0 Å². The molecule has 128 valence electrons. The molecule has 1 saturated carbocycles. The van der Waals surface area contributed by atoms with Gasteiger partial charge in [0, 0.05) is 31.6 Å². The number of sulfonamides is 1. The van der Waals surface area contributed by atoms with Crippen LogP contribution >= 0.6 is 11.3 Å². The van der Waals surface area contributed by atoms with Crippen molar-refractivity contribution in [3.05, 3.63) is 17.0 Å². The fraction of sp³-hybridized carbons (Fsp3) is 0.688. The van der Waals surface area contributed by atoms with Crippen LogP contribution in [-0.2, 0) is 10.0 Å². The number of rotatable bonds is 4. The van der Waals surface area contributed by atoms with E-state index in [0.717, 1.165) is 63.0 Å². The number of carbonyl (C=O) groups excluding carboxylic acids is 1. The van der Waals surface area contributed by atoms with Crippen LogP contribution in [0.3, 0.4) is 0 Å². The standard InChI is InChI=1S/C16H24N2O3S2/c1-17(14-7-3-2-4-8-14)23(20,21)15-11-13(12-22-15)16(19)18-9-5-6-10-18/h11-12,14H,2-10H2,1H3. The molecular formula is C16H24N2O3S2. The normalized spacial score (nSPS) is 20.3. The second kappa shape index (κ2) is 6.91. The second-order valence-corrected chi connectivity index (χ2v) is 9.60. The summed E-state index contributed by atoms with van der Waals surface area (Å²) < 4.78 is 27.4. The third kappa shape index (κ3) is 3.46. The van der Waals surface area contributed by atoms with Crippen molar-refractivity contribution < 1.29 is 13.2 Å². The van der Waals surface area contributed by atoms with E-state index < -0.39 is 10.0 Å². The number of amides is 1. The molecule has 0 atom stereocenters. The van der Waals surface area contributed by atoms with Crippen LogP contribution in [0.15, 0.2) is 15.7 Å². The highest BCUT2D eigenvalue weighted by atomic mass is 32.2. The predicted molar refractivity (Wildman–Crippen MR) is 91.3 cm³/mol. The number of hydrogen-bond donors (Lipinski definition) is 0. The molecule has 0 unspecified atom stereocenters. The first-order valence-corrected chi connectivity index (χ1v) is 10.7. The molecule has 0 bridgehead atoms. The summed E-state index contributed by atoms with van der Waals surface area (Å²) in [5.41, 5.74) is 0.507. The molecule has 1 aromatic heterocycles. The molecule has 2 fully saturated rings. The van der Waals surface area contributed by atoms with Crippen molar-refractivity contribution in [3.8, 4) is 0 Å². The monoisotopic (exact) mass is 356 g/mol. The van der Waals surface area contributed by atoms with Gasteiger partial charge in [0.2, 0.25) is 0 Å². The van der Waals surface area contributed by atoms with E-state index in [9.17, 15) is 13.2 Å². The maximum atomic E-state index is 12.8. The lowest BCUT2D eigenvalue weighted by molar-refractivity contribution is 0.0793. The largest absolute Gasteiger partial charge is 0.339 e. The first kappa shape index (κ1) is 16.9. The number of nitrogens with zero attached hydrogens (tertiary/aromatic N) is 2. The lowest BCUT2D eigenvalue weighted by atomic mass is 9.96. The Hall–Kier alpha value is -0.920. The van der Waals surface area contributed by atoms with Gasteiger partial charge in [-0.2, -0.15) is 4.31 Å². The summed E-state index contributed by atoms with van der Waals surface area (Å²) in [5.74, 6) is -0.0412. The molecule has 2 aliphatic rings. The topological polar surface area (TPSA) is 57.7 Å². The van der Waals surface area contributed by atoms with Crippen LogP contribution in [0.25, 0.3) is 0 Å². The van der Waals surface area contributed by atoms with Crippen LogP contribution in [0, 0.1) is 0 Å². The van der Waals surface area contributed by atoms with Gasteiger partial charge in [-0.05, 0) is 31.7 Å². The number of hydrogen-bond acceptors (Lipinski definition) is 4. The molecule has 5 nitrogen and oxygen atoms in total. The minimum Gasteiger partial charge on any atom is -0.339 e. The first-order chi connectivity index (χ1) is 11.0. The summed E-state index contributed by atoms with van der Waals surface area (Å²) in [5, 5.41) is 1.68. The Morgan fingerprint density at radius 1 is 1.17 bits per heavy atom. The van der Waals surface area contributed by atoms with Crippen molar-refractivity contribution in [1.29, 1.82) is 0 Å². The van der Waals surface area contributed by atoms with E-state index in [0.29, 0.717) is 5.56 Å². The molecule has 1 aliphatic carbocycles. The Bertz CT molecular complexity index is 657. The molecule has 2 heterocycles. The van der Waals surface area contributed by atoms with E-state index in [2.05, 4.69) is 0 Å². The molecule has 1 amide bonds. The lowest BCUT2D eigenvalue weighted by Gasteiger charge is -2.29. The number of carbonyl (C=O) groups is 1. The quantitative estimate of drug-likeness (QED) is 0.833. The van der Waals surface area contributed by atoms with Crippen molar-refractivity contribution in [3.63, 3.8) is 0 Å². The van der Waals surface area contributed by atoms with Gasteiger partial charge in [-0.3, -0.25) is 4.79 Å². The van der Waals surface area contributed by atoms with Gasteiger partial charge in [0.05, 0.1) is 5.56 Å². The first-order valence-electron chi connectivity index (χ1n) is 8.36. The van der Waals surface area contributed by atoms with Crippen molar-refractivity contribution in [1.82, 2.24) is 9.21 Å². The predicted octanol–water partition coefficient (Wildman–Crippen LogP) is 2.94. The zero-order chi connectivity index (χ0) is 16.4. The smallest absolute Gasteiger partial charge is 0.254 e. The zero-order valence-corrected chi connectivity index (χ0v) is 15.2. The van der Waals surface area contributed by atoms with Gasteiger partial charge in [0.25, 0.3) is 15.9 Å². The average Bonchev–Trinajstić information content (AvgIpc) is 3.26. The molecule has 1 aromatic rings.